The lowest BCUT2D eigenvalue weighted by molar-refractivity contribution is -0.355. The summed E-state index contributed by atoms with van der Waals surface area (Å²) in [7, 11) is -16.9. The average molecular weight is 726 g/mol. The van der Waals surface area contributed by atoms with Crippen LogP contribution in [0.1, 0.15) is 49.5 Å². The zero-order chi connectivity index (χ0) is 34.7. The number of hydrogen-bond donors (Lipinski definition) is 8. The van der Waals surface area contributed by atoms with Gasteiger partial charge in [0, 0.05) is 12.6 Å². The van der Waals surface area contributed by atoms with E-state index in [1.807, 2.05) is 4.98 Å². The van der Waals surface area contributed by atoms with E-state index in [9.17, 15) is 58.4 Å². The molecule has 1 aromatic carbocycles. The van der Waals surface area contributed by atoms with Gasteiger partial charge in [0.2, 0.25) is 0 Å². The summed E-state index contributed by atoms with van der Waals surface area (Å²) in [6, 6.07) is 8.84. The minimum atomic E-state index is -5.86. The zero-order valence-electron chi connectivity index (χ0n) is 24.4. The van der Waals surface area contributed by atoms with E-state index < -0.39 is 65.2 Å². The van der Waals surface area contributed by atoms with Crippen molar-refractivity contribution in [1.29, 1.82) is 0 Å². The van der Waals surface area contributed by atoms with E-state index in [2.05, 4.69) is 25.0 Å². The smallest absolute Gasteiger partial charge is 0.359 e. The Labute approximate surface area is 266 Å². The number of aliphatic hydroxyl groups is 4. The van der Waals surface area contributed by atoms with Crippen LogP contribution in [0, 0.1) is 17.8 Å². The summed E-state index contributed by atoms with van der Waals surface area (Å²) in [5, 5.41) is 42.0. The first-order valence-electron chi connectivity index (χ1n) is 14.0. The van der Waals surface area contributed by atoms with Gasteiger partial charge in [0.1, 0.15) is 11.7 Å². The second-order valence-electron chi connectivity index (χ2n) is 10.8. The van der Waals surface area contributed by atoms with E-state index in [0.29, 0.717) is 17.4 Å². The Balaban J connectivity index is 1.43. The Morgan fingerprint density at radius 2 is 1.47 bits per heavy atom. The van der Waals surface area contributed by atoms with Gasteiger partial charge in [0.25, 0.3) is 17.1 Å². The highest BCUT2D eigenvalue weighted by Gasteiger charge is 2.67. The van der Waals surface area contributed by atoms with Gasteiger partial charge < -0.3 is 39.8 Å². The van der Waals surface area contributed by atoms with Crippen LogP contribution in [-0.2, 0) is 42.5 Å². The van der Waals surface area contributed by atoms with E-state index in [1.54, 1.807) is 30.3 Å². The van der Waals surface area contributed by atoms with Crippen molar-refractivity contribution in [1.82, 2.24) is 9.55 Å². The Hall–Kier alpha value is -2.33. The predicted molar refractivity (Wildman–Crippen MR) is 157 cm³/mol. The number of aromatic amines is 1. The molecule has 0 amide bonds. The third kappa shape index (κ3) is 9.64. The van der Waals surface area contributed by atoms with Crippen molar-refractivity contribution in [3.63, 3.8) is 0 Å². The molecular weight excluding hydrogens is 693 g/mol. The van der Waals surface area contributed by atoms with Crippen molar-refractivity contribution in [2.45, 2.75) is 62.4 Å². The Morgan fingerprint density at radius 3 is 2.09 bits per heavy atom. The summed E-state index contributed by atoms with van der Waals surface area (Å²) in [6.45, 7) is -1.79. The predicted octanol–water partition coefficient (Wildman–Crippen LogP) is 0.338. The van der Waals surface area contributed by atoms with Gasteiger partial charge in [0.15, 0.2) is 6.23 Å². The largest absolute Gasteiger partial charge is 0.490 e. The van der Waals surface area contributed by atoms with E-state index in [0.717, 1.165) is 31.0 Å². The van der Waals surface area contributed by atoms with Crippen LogP contribution in [0.4, 0.5) is 0 Å². The second-order valence-corrected chi connectivity index (χ2v) is 15.4. The monoisotopic (exact) mass is 726 g/mol. The highest BCUT2D eigenvalue weighted by atomic mass is 31.3. The highest BCUT2D eigenvalue weighted by Crippen LogP contribution is 2.68. The maximum Gasteiger partial charge on any atom is 0.490 e. The number of H-pyrrole nitrogens is 1. The van der Waals surface area contributed by atoms with Crippen molar-refractivity contribution in [3.05, 3.63) is 68.5 Å². The van der Waals surface area contributed by atoms with Crippen LogP contribution in [0.5, 0.6) is 0 Å². The molecule has 0 radical (unpaired) electrons. The van der Waals surface area contributed by atoms with E-state index in [4.69, 9.17) is 9.26 Å². The highest BCUT2D eigenvalue weighted by molar-refractivity contribution is 7.66. The molecule has 1 saturated heterocycles. The van der Waals surface area contributed by atoms with Crippen molar-refractivity contribution in [3.8, 4) is 11.8 Å². The fourth-order valence-electron chi connectivity index (χ4n) is 4.80. The number of ether oxygens (including phenoxy) is 1. The van der Waals surface area contributed by atoms with Crippen LogP contribution < -0.4 is 11.2 Å². The molecule has 1 aliphatic heterocycles. The lowest BCUT2D eigenvalue weighted by atomic mass is 9.90. The van der Waals surface area contributed by atoms with Crippen LogP contribution in [0.15, 0.2) is 46.1 Å². The van der Waals surface area contributed by atoms with Crippen molar-refractivity contribution < 1.29 is 71.2 Å². The van der Waals surface area contributed by atoms with Gasteiger partial charge in [-0.2, -0.15) is 8.62 Å². The molecule has 2 aromatic rings. The van der Waals surface area contributed by atoms with E-state index in [1.165, 1.54) is 0 Å². The molecule has 2 heterocycles. The number of aromatic nitrogens is 2. The first kappa shape index (κ1) is 37.5. The average Bonchev–Trinajstić information content (AvgIpc) is 3.15. The number of hydrogen-bond acceptors (Lipinski definition) is 14. The van der Waals surface area contributed by atoms with Crippen LogP contribution in [0.3, 0.4) is 0 Å². The third-order valence-corrected chi connectivity index (χ3v) is 11.5. The Bertz CT molecular complexity index is 1740. The quantitative estimate of drug-likeness (QED) is 0.0831. The molecule has 0 spiro atoms. The molecule has 8 N–H and O–H groups in total. The number of phosphoric ester groups is 2. The van der Waals surface area contributed by atoms with Crippen LogP contribution in [0.25, 0.3) is 0 Å². The fourth-order valence-corrected chi connectivity index (χ4v) is 8.38. The molecule has 0 bridgehead atoms. The number of benzene rings is 1. The first-order valence-corrected chi connectivity index (χ1v) is 18.4. The van der Waals surface area contributed by atoms with Crippen molar-refractivity contribution in [2.75, 3.05) is 13.2 Å². The summed E-state index contributed by atoms with van der Waals surface area (Å²) in [5.74, 6) is -2.45. The van der Waals surface area contributed by atoms with E-state index >= 15 is 0 Å². The molecular formula is C25H33N2O17P3. The zero-order valence-corrected chi connectivity index (χ0v) is 27.0. The van der Waals surface area contributed by atoms with Gasteiger partial charge >= 0.3 is 29.2 Å². The van der Waals surface area contributed by atoms with Gasteiger partial charge in [-0.1, -0.05) is 61.4 Å². The molecule has 4 rings (SSSR count). The molecule has 5 atom stereocenters. The summed E-state index contributed by atoms with van der Waals surface area (Å²) in [5.41, 5.74) is -1.85. The Kier molecular flexibility index (Phi) is 11.7. The van der Waals surface area contributed by atoms with Gasteiger partial charge in [-0.25, -0.2) is 18.5 Å². The molecule has 1 aliphatic carbocycles. The molecule has 2 fully saturated rings. The van der Waals surface area contributed by atoms with Crippen LogP contribution >= 0.6 is 23.5 Å². The SMILES string of the molecule is O=c1[nH]c(=O)n([C@@H]2O[C@H](COP(=O)(O)OP(=O)(O)OP(=O)(O)OCC3CCCCC3)C(O)(O)C2(O)O)cc1C#CCc1ccccc1. The molecule has 260 valence electrons. The minimum Gasteiger partial charge on any atom is -0.359 e. The number of rotatable bonds is 12. The topological polar surface area (TPSA) is 294 Å². The maximum atomic E-state index is 12.5. The summed E-state index contributed by atoms with van der Waals surface area (Å²) in [6.07, 6.45) is 0.182. The number of nitrogens with zero attached hydrogens (tertiary/aromatic N) is 1. The third-order valence-electron chi connectivity index (χ3n) is 7.21. The fraction of sp³-hybridized carbons (Fsp3) is 0.520. The van der Waals surface area contributed by atoms with Crippen LogP contribution in [-0.4, -0.2) is 75.5 Å². The number of phosphoric acid groups is 3. The van der Waals surface area contributed by atoms with E-state index in [-0.39, 0.29) is 24.5 Å². The molecule has 47 heavy (non-hydrogen) atoms. The molecule has 1 saturated carbocycles. The lowest BCUT2D eigenvalue weighted by Gasteiger charge is -2.31. The number of nitrogens with one attached hydrogen (secondary N) is 1. The molecule has 3 unspecified atom stereocenters. The second kappa shape index (κ2) is 14.7. The lowest BCUT2D eigenvalue weighted by Crippen LogP contribution is -2.59. The molecule has 22 heteroatoms. The van der Waals surface area contributed by atoms with Gasteiger partial charge in [-0.3, -0.25) is 23.4 Å². The van der Waals surface area contributed by atoms with Gasteiger partial charge in [-0.05, 0) is 24.3 Å². The molecule has 1 aromatic heterocycles. The first-order chi connectivity index (χ1) is 21.8. The Morgan fingerprint density at radius 1 is 0.872 bits per heavy atom. The standard InChI is InChI=1S/C25H33N2O17P3/c28-21-19(13-7-12-17-8-3-1-4-9-17)14-27(23(29)26-21)22-25(32,33)24(30,31)20(42-22)16-41-46(36,37)44-47(38,39)43-45(34,35)40-15-18-10-5-2-6-11-18/h1,3-4,8-9,14,18,20,22,30-33H,2,5-6,10-12,15-16H2,(H,34,35)(H,36,37)(H,38,39)(H,26,28,29)/t20-,22-/m1/s1. The van der Waals surface area contributed by atoms with Gasteiger partial charge in [-0.15, -0.1) is 0 Å². The van der Waals surface area contributed by atoms with Gasteiger partial charge in [0.05, 0.1) is 13.2 Å². The summed E-state index contributed by atoms with van der Waals surface area (Å²) in [4.78, 5) is 56.2. The normalized spacial score (nSPS) is 24.7. The van der Waals surface area contributed by atoms with Crippen LogP contribution in [0.2, 0.25) is 0 Å². The molecule has 19 nitrogen and oxygen atoms in total. The maximum absolute atomic E-state index is 12.5. The molecule has 2 aliphatic rings. The summed E-state index contributed by atoms with van der Waals surface area (Å²) >= 11 is 0. The minimum absolute atomic E-state index is 0.122. The van der Waals surface area contributed by atoms with Crippen molar-refractivity contribution in [2.24, 2.45) is 5.92 Å². The summed E-state index contributed by atoms with van der Waals surface area (Å²) < 4.78 is 59.3. The van der Waals surface area contributed by atoms with Crippen molar-refractivity contribution >= 4 is 23.5 Å².